The minimum absolute atomic E-state index is 0.0533. The van der Waals surface area contributed by atoms with Crippen LogP contribution in [0.5, 0.6) is 0 Å². The molecular weight excluding hydrogens is 527 g/mol. The molecule has 1 amide bonds. The van der Waals surface area contributed by atoms with Crippen molar-refractivity contribution in [2.24, 2.45) is 0 Å². The maximum absolute atomic E-state index is 13.4. The molecule has 0 saturated carbocycles. The van der Waals surface area contributed by atoms with E-state index in [2.05, 4.69) is 55.3 Å². The highest BCUT2D eigenvalue weighted by molar-refractivity contribution is 6.99. The Morgan fingerprint density at radius 2 is 1.49 bits per heavy atom. The summed E-state index contributed by atoms with van der Waals surface area (Å²) in [4.78, 5) is 17.9. The van der Waals surface area contributed by atoms with Crippen molar-refractivity contribution < 1.29 is 13.6 Å². The molecule has 0 unspecified atom stereocenters. The third-order valence-corrected chi connectivity index (χ3v) is 12.1. The van der Waals surface area contributed by atoms with E-state index in [0.29, 0.717) is 11.4 Å². The van der Waals surface area contributed by atoms with Crippen molar-refractivity contribution in [2.45, 2.75) is 45.6 Å². The van der Waals surface area contributed by atoms with Crippen molar-refractivity contribution in [3.63, 3.8) is 0 Å². The number of amides is 1. The van der Waals surface area contributed by atoms with Crippen LogP contribution in [-0.2, 0) is 9.22 Å². The second kappa shape index (κ2) is 11.8. The molecule has 0 aliphatic carbocycles. The summed E-state index contributed by atoms with van der Waals surface area (Å²) >= 11 is 6.63. The SMILES string of the molecule is CC(C)c1cc(-c2ccc(F)cc2)nc(Cl)c1NC(=O)CO[Si](c1ccccc1)(c1ccccc1)C(C)(C)C. The average Bonchev–Trinajstić information content (AvgIpc) is 2.91. The van der Waals surface area contributed by atoms with E-state index in [4.69, 9.17) is 16.0 Å². The summed E-state index contributed by atoms with van der Waals surface area (Å²) < 4.78 is 20.2. The normalized spacial score (nSPS) is 12.0. The maximum atomic E-state index is 13.4. The summed E-state index contributed by atoms with van der Waals surface area (Å²) in [5, 5.41) is 5.10. The molecule has 7 heteroatoms. The van der Waals surface area contributed by atoms with Crippen molar-refractivity contribution in [1.29, 1.82) is 0 Å². The van der Waals surface area contributed by atoms with Gasteiger partial charge in [0.1, 0.15) is 12.4 Å². The Morgan fingerprint density at radius 3 is 1.97 bits per heavy atom. The molecule has 4 nitrogen and oxygen atoms in total. The van der Waals surface area contributed by atoms with Crippen LogP contribution in [0.25, 0.3) is 11.3 Å². The van der Waals surface area contributed by atoms with Crippen molar-refractivity contribution in [3.05, 3.63) is 108 Å². The van der Waals surface area contributed by atoms with Crippen LogP contribution in [0, 0.1) is 5.82 Å². The van der Waals surface area contributed by atoms with Crippen LogP contribution in [0.4, 0.5) is 10.1 Å². The quantitative estimate of drug-likeness (QED) is 0.183. The Labute approximate surface area is 236 Å². The number of pyridine rings is 1. The van der Waals surface area contributed by atoms with E-state index in [-0.39, 0.29) is 34.4 Å². The molecule has 0 aliphatic rings. The van der Waals surface area contributed by atoms with Gasteiger partial charge in [-0.15, -0.1) is 0 Å². The van der Waals surface area contributed by atoms with Gasteiger partial charge in [-0.3, -0.25) is 4.79 Å². The summed E-state index contributed by atoms with van der Waals surface area (Å²) in [6.45, 7) is 10.4. The van der Waals surface area contributed by atoms with Crippen LogP contribution in [0.3, 0.4) is 0 Å². The molecule has 0 aliphatic heterocycles. The monoisotopic (exact) mass is 560 g/mol. The molecule has 0 spiro atoms. The average molecular weight is 561 g/mol. The molecule has 0 saturated heterocycles. The third kappa shape index (κ3) is 6.14. The summed E-state index contributed by atoms with van der Waals surface area (Å²) in [5.74, 6) is -0.570. The number of benzene rings is 3. The molecule has 0 atom stereocenters. The first-order valence-electron chi connectivity index (χ1n) is 13.0. The van der Waals surface area contributed by atoms with E-state index >= 15 is 0 Å². The Morgan fingerprint density at radius 1 is 0.949 bits per heavy atom. The number of anilines is 1. The summed E-state index contributed by atoms with van der Waals surface area (Å²) in [7, 11) is -2.88. The number of hydrogen-bond donors (Lipinski definition) is 1. The lowest BCUT2D eigenvalue weighted by molar-refractivity contribution is -0.118. The number of halogens is 2. The first-order valence-corrected chi connectivity index (χ1v) is 15.3. The molecule has 4 rings (SSSR count). The lowest BCUT2D eigenvalue weighted by Crippen LogP contribution is -2.67. The lowest BCUT2D eigenvalue weighted by atomic mass is 9.99. The number of nitrogens with one attached hydrogen (secondary N) is 1. The van der Waals surface area contributed by atoms with Gasteiger partial charge < -0.3 is 9.74 Å². The molecule has 3 aromatic carbocycles. The fourth-order valence-electron chi connectivity index (χ4n) is 4.99. The highest BCUT2D eigenvalue weighted by Crippen LogP contribution is 2.37. The van der Waals surface area contributed by atoms with Gasteiger partial charge in [0.2, 0.25) is 5.91 Å². The van der Waals surface area contributed by atoms with Gasteiger partial charge in [-0.1, -0.05) is 107 Å². The Balaban J connectivity index is 1.66. The van der Waals surface area contributed by atoms with Crippen molar-refractivity contribution in [3.8, 4) is 11.3 Å². The molecular formula is C32H34ClFN2O2Si. The van der Waals surface area contributed by atoms with Gasteiger partial charge in [-0.25, -0.2) is 9.37 Å². The van der Waals surface area contributed by atoms with E-state index in [0.717, 1.165) is 21.5 Å². The number of carbonyl (C=O) groups is 1. The largest absolute Gasteiger partial charge is 0.398 e. The summed E-state index contributed by atoms with van der Waals surface area (Å²) in [5.41, 5.74) is 2.67. The number of rotatable bonds is 8. The number of aromatic nitrogens is 1. The minimum Gasteiger partial charge on any atom is -0.398 e. The number of nitrogens with zero attached hydrogens (tertiary/aromatic N) is 1. The first-order chi connectivity index (χ1) is 18.5. The van der Waals surface area contributed by atoms with Crippen LogP contribution in [-0.4, -0.2) is 25.8 Å². The standard InChI is InChI=1S/C32H34ClFN2O2Si/c1-22(2)27-20-28(23-16-18-24(34)19-17-23)35-31(33)30(27)36-29(37)21-38-39(32(3,4)5,25-12-8-6-9-13-25)26-14-10-7-11-15-26/h6-20,22H,21H2,1-5H3,(H,36,37). The Hall–Kier alpha value is -3.32. The zero-order valence-corrected chi connectivity index (χ0v) is 24.7. The molecule has 1 N–H and O–H groups in total. The molecule has 4 aromatic rings. The highest BCUT2D eigenvalue weighted by Gasteiger charge is 2.50. The van der Waals surface area contributed by atoms with Crippen LogP contribution in [0.15, 0.2) is 91.0 Å². The van der Waals surface area contributed by atoms with Gasteiger partial charge >= 0.3 is 0 Å². The summed E-state index contributed by atoms with van der Waals surface area (Å²) in [6.07, 6.45) is 0. The van der Waals surface area contributed by atoms with Crippen LogP contribution >= 0.6 is 11.6 Å². The minimum atomic E-state index is -2.88. The van der Waals surface area contributed by atoms with Crippen molar-refractivity contribution in [1.82, 2.24) is 4.98 Å². The molecule has 1 aromatic heterocycles. The lowest BCUT2D eigenvalue weighted by Gasteiger charge is -2.42. The number of hydrogen-bond acceptors (Lipinski definition) is 3. The van der Waals surface area contributed by atoms with Gasteiger partial charge in [-0.05, 0) is 57.2 Å². The second-order valence-corrected chi connectivity index (χ2v) is 15.6. The van der Waals surface area contributed by atoms with E-state index in [9.17, 15) is 9.18 Å². The third-order valence-electron chi connectivity index (χ3n) is 6.87. The Kier molecular flexibility index (Phi) is 8.69. The summed E-state index contributed by atoms with van der Waals surface area (Å²) in [6, 6.07) is 28.4. The molecule has 202 valence electrons. The first kappa shape index (κ1) is 28.7. The van der Waals surface area contributed by atoms with Crippen molar-refractivity contribution >= 4 is 41.9 Å². The van der Waals surface area contributed by atoms with Gasteiger partial charge in [0, 0.05) is 5.56 Å². The smallest absolute Gasteiger partial charge is 0.261 e. The van der Waals surface area contributed by atoms with Gasteiger partial charge in [0.05, 0.1) is 11.4 Å². The predicted octanol–water partition coefficient (Wildman–Crippen LogP) is 7.18. The zero-order chi connectivity index (χ0) is 28.2. The fourth-order valence-corrected chi connectivity index (χ4v) is 9.74. The van der Waals surface area contributed by atoms with Crippen LogP contribution in [0.2, 0.25) is 10.2 Å². The van der Waals surface area contributed by atoms with E-state index in [1.54, 1.807) is 12.1 Å². The van der Waals surface area contributed by atoms with Gasteiger partial charge in [-0.2, -0.15) is 0 Å². The van der Waals surface area contributed by atoms with Gasteiger partial charge in [0.25, 0.3) is 8.32 Å². The van der Waals surface area contributed by atoms with E-state index in [1.807, 2.05) is 56.3 Å². The molecule has 1 heterocycles. The Bertz CT molecular complexity index is 1380. The molecule has 39 heavy (non-hydrogen) atoms. The second-order valence-electron chi connectivity index (χ2n) is 10.9. The highest BCUT2D eigenvalue weighted by atomic mass is 35.5. The van der Waals surface area contributed by atoms with Crippen LogP contribution < -0.4 is 15.7 Å². The van der Waals surface area contributed by atoms with Gasteiger partial charge in [0.15, 0.2) is 5.15 Å². The molecule has 0 bridgehead atoms. The predicted molar refractivity (Wildman–Crippen MR) is 161 cm³/mol. The molecule has 0 radical (unpaired) electrons. The topological polar surface area (TPSA) is 51.2 Å². The molecule has 0 fully saturated rings. The van der Waals surface area contributed by atoms with Crippen LogP contribution in [0.1, 0.15) is 46.1 Å². The maximum Gasteiger partial charge on any atom is 0.261 e. The van der Waals surface area contributed by atoms with E-state index < -0.39 is 8.32 Å². The van der Waals surface area contributed by atoms with E-state index in [1.165, 1.54) is 12.1 Å². The number of carbonyl (C=O) groups excluding carboxylic acids is 1. The zero-order valence-electron chi connectivity index (χ0n) is 23.0. The van der Waals surface area contributed by atoms with Crippen molar-refractivity contribution in [2.75, 3.05) is 11.9 Å². The fraction of sp³-hybridized carbons (Fsp3) is 0.250.